The van der Waals surface area contributed by atoms with E-state index in [2.05, 4.69) is 36.9 Å². The molecule has 0 aliphatic carbocycles. The first-order valence-corrected chi connectivity index (χ1v) is 6.63. The van der Waals surface area contributed by atoms with Gasteiger partial charge in [-0.2, -0.15) is 0 Å². The quantitative estimate of drug-likeness (QED) is 0.729. The molecule has 0 saturated heterocycles. The number of hydrogen-bond donors (Lipinski definition) is 0. The van der Waals surface area contributed by atoms with Crippen LogP contribution in [0, 0.1) is 0 Å². The van der Waals surface area contributed by atoms with Gasteiger partial charge in [0.1, 0.15) is 0 Å². The summed E-state index contributed by atoms with van der Waals surface area (Å²) in [5.74, 6) is 0. The molecule has 0 radical (unpaired) electrons. The van der Waals surface area contributed by atoms with Crippen LogP contribution in [0.3, 0.4) is 0 Å². The third kappa shape index (κ3) is 1.30. The fourth-order valence-corrected chi connectivity index (χ4v) is 3.62. The number of benzene rings is 1. The van der Waals surface area contributed by atoms with Crippen LogP contribution >= 0.6 is 0 Å². The van der Waals surface area contributed by atoms with Crippen molar-refractivity contribution in [2.24, 2.45) is 0 Å². The van der Waals surface area contributed by atoms with Crippen LogP contribution in [0.4, 0.5) is 5.69 Å². The molecule has 3 rings (SSSR count). The summed E-state index contributed by atoms with van der Waals surface area (Å²) in [6.45, 7) is 6.01. The van der Waals surface area contributed by atoms with Crippen molar-refractivity contribution in [3.63, 3.8) is 0 Å². The van der Waals surface area contributed by atoms with Crippen LogP contribution in [-0.4, -0.2) is 12.1 Å². The second kappa shape index (κ2) is 3.51. The highest BCUT2D eigenvalue weighted by molar-refractivity contribution is 5.66. The van der Waals surface area contributed by atoms with Gasteiger partial charge in [-0.15, -0.1) is 0 Å². The molecule has 2 aliphatic heterocycles. The van der Waals surface area contributed by atoms with Crippen LogP contribution in [0.2, 0.25) is 0 Å². The molecule has 1 aromatic rings. The van der Waals surface area contributed by atoms with Gasteiger partial charge in [-0.05, 0) is 43.7 Å². The average Bonchev–Trinajstić information content (AvgIpc) is 2.71. The highest BCUT2D eigenvalue weighted by Crippen LogP contribution is 2.44. The summed E-state index contributed by atoms with van der Waals surface area (Å²) in [7, 11) is 0. The number of nitrogens with zero attached hydrogens (tertiary/aromatic N) is 1. The van der Waals surface area contributed by atoms with Gasteiger partial charge in [-0.1, -0.05) is 31.5 Å². The standard InChI is InChI=1S/C15H21N/c1-3-9-15(2)10-7-12-5-4-6-13-8-11-16(15)14(12)13/h4-6H,3,7-11H2,1-2H3. The van der Waals surface area contributed by atoms with Crippen molar-refractivity contribution in [3.05, 3.63) is 29.3 Å². The molecule has 0 amide bonds. The minimum absolute atomic E-state index is 0.425. The summed E-state index contributed by atoms with van der Waals surface area (Å²) in [6, 6.07) is 6.87. The van der Waals surface area contributed by atoms with E-state index in [1.165, 1.54) is 38.6 Å². The number of aryl methyl sites for hydroxylation is 1. The summed E-state index contributed by atoms with van der Waals surface area (Å²) >= 11 is 0. The molecule has 0 fully saturated rings. The summed E-state index contributed by atoms with van der Waals surface area (Å²) in [5.41, 5.74) is 5.18. The third-order valence-electron chi connectivity index (χ3n) is 4.45. The Kier molecular flexibility index (Phi) is 2.24. The number of para-hydroxylation sites is 1. The highest BCUT2D eigenvalue weighted by atomic mass is 15.2. The predicted octanol–water partition coefficient (Wildman–Crippen LogP) is 3.55. The molecule has 0 saturated carbocycles. The molecular weight excluding hydrogens is 194 g/mol. The van der Waals surface area contributed by atoms with Gasteiger partial charge in [0.25, 0.3) is 0 Å². The Morgan fingerprint density at radius 3 is 2.75 bits per heavy atom. The van der Waals surface area contributed by atoms with Crippen LogP contribution < -0.4 is 4.90 Å². The van der Waals surface area contributed by atoms with Crippen LogP contribution in [0.1, 0.15) is 44.2 Å². The first kappa shape index (κ1) is 10.2. The van der Waals surface area contributed by atoms with Gasteiger partial charge in [-0.3, -0.25) is 0 Å². The zero-order chi connectivity index (χ0) is 11.2. The Labute approximate surface area is 98.5 Å². The molecule has 1 heteroatoms. The fourth-order valence-electron chi connectivity index (χ4n) is 3.62. The average molecular weight is 215 g/mol. The largest absolute Gasteiger partial charge is 0.365 e. The minimum atomic E-state index is 0.425. The number of hydrogen-bond acceptors (Lipinski definition) is 1. The predicted molar refractivity (Wildman–Crippen MR) is 69.1 cm³/mol. The Morgan fingerprint density at radius 1 is 1.25 bits per heavy atom. The molecule has 0 N–H and O–H groups in total. The SMILES string of the molecule is CCCC1(C)CCc2cccc3c2N1CC3. The third-order valence-corrected chi connectivity index (χ3v) is 4.45. The lowest BCUT2D eigenvalue weighted by Gasteiger charge is -2.45. The van der Waals surface area contributed by atoms with Crippen LogP contribution in [0.15, 0.2) is 18.2 Å². The lowest BCUT2D eigenvalue weighted by Crippen LogP contribution is -2.48. The minimum Gasteiger partial charge on any atom is -0.365 e. The molecule has 0 aromatic heterocycles. The molecule has 16 heavy (non-hydrogen) atoms. The van der Waals surface area contributed by atoms with Gasteiger partial charge in [-0.25, -0.2) is 0 Å². The Bertz CT molecular complexity index is 410. The van der Waals surface area contributed by atoms with Gasteiger partial charge < -0.3 is 4.90 Å². The second-order valence-corrected chi connectivity index (χ2v) is 5.57. The molecular formula is C15H21N. The Morgan fingerprint density at radius 2 is 2.00 bits per heavy atom. The topological polar surface area (TPSA) is 3.24 Å². The number of anilines is 1. The van der Waals surface area contributed by atoms with Crippen molar-refractivity contribution in [3.8, 4) is 0 Å². The molecule has 1 aromatic carbocycles. The number of rotatable bonds is 2. The second-order valence-electron chi connectivity index (χ2n) is 5.57. The zero-order valence-corrected chi connectivity index (χ0v) is 10.4. The van der Waals surface area contributed by atoms with Crippen LogP contribution in [0.5, 0.6) is 0 Å². The molecule has 1 atom stereocenters. The van der Waals surface area contributed by atoms with Gasteiger partial charge >= 0.3 is 0 Å². The van der Waals surface area contributed by atoms with E-state index in [0.29, 0.717) is 5.54 Å². The van der Waals surface area contributed by atoms with Gasteiger partial charge in [0.05, 0.1) is 0 Å². The van der Waals surface area contributed by atoms with Gasteiger partial charge in [0, 0.05) is 17.8 Å². The van der Waals surface area contributed by atoms with Gasteiger partial charge in [0.15, 0.2) is 0 Å². The maximum Gasteiger partial charge on any atom is 0.0436 e. The Hall–Kier alpha value is -0.980. The monoisotopic (exact) mass is 215 g/mol. The van der Waals surface area contributed by atoms with Crippen molar-refractivity contribution in [1.29, 1.82) is 0 Å². The van der Waals surface area contributed by atoms with E-state index < -0.39 is 0 Å². The van der Waals surface area contributed by atoms with Crippen molar-refractivity contribution < 1.29 is 0 Å². The smallest absolute Gasteiger partial charge is 0.0436 e. The van der Waals surface area contributed by atoms with Crippen LogP contribution in [-0.2, 0) is 12.8 Å². The van der Waals surface area contributed by atoms with Crippen molar-refractivity contribution in [2.75, 3.05) is 11.4 Å². The molecule has 2 aliphatic rings. The summed E-state index contributed by atoms with van der Waals surface area (Å²) in [5, 5.41) is 0. The highest BCUT2D eigenvalue weighted by Gasteiger charge is 2.39. The van der Waals surface area contributed by atoms with E-state index >= 15 is 0 Å². The fraction of sp³-hybridized carbons (Fsp3) is 0.600. The molecule has 2 heterocycles. The molecule has 1 unspecified atom stereocenters. The van der Waals surface area contributed by atoms with Crippen molar-refractivity contribution >= 4 is 5.69 Å². The van der Waals surface area contributed by atoms with E-state index in [-0.39, 0.29) is 0 Å². The van der Waals surface area contributed by atoms with E-state index in [1.54, 1.807) is 16.8 Å². The summed E-state index contributed by atoms with van der Waals surface area (Å²) in [4.78, 5) is 2.70. The maximum absolute atomic E-state index is 2.70. The lowest BCUT2D eigenvalue weighted by atomic mass is 9.83. The van der Waals surface area contributed by atoms with Crippen molar-refractivity contribution in [1.82, 2.24) is 0 Å². The maximum atomic E-state index is 2.70. The van der Waals surface area contributed by atoms with Gasteiger partial charge in [0.2, 0.25) is 0 Å². The zero-order valence-electron chi connectivity index (χ0n) is 10.4. The van der Waals surface area contributed by atoms with E-state index in [1.807, 2.05) is 0 Å². The van der Waals surface area contributed by atoms with Crippen molar-refractivity contribution in [2.45, 2.75) is 51.5 Å². The van der Waals surface area contributed by atoms with E-state index in [4.69, 9.17) is 0 Å². The van der Waals surface area contributed by atoms with E-state index in [0.717, 1.165) is 0 Å². The molecule has 1 nitrogen and oxygen atoms in total. The summed E-state index contributed by atoms with van der Waals surface area (Å²) < 4.78 is 0. The van der Waals surface area contributed by atoms with Crippen LogP contribution in [0.25, 0.3) is 0 Å². The first-order chi connectivity index (χ1) is 7.74. The van der Waals surface area contributed by atoms with E-state index in [9.17, 15) is 0 Å². The molecule has 0 spiro atoms. The summed E-state index contributed by atoms with van der Waals surface area (Å²) in [6.07, 6.45) is 6.49. The molecule has 86 valence electrons. The normalized spacial score (nSPS) is 27.0. The lowest BCUT2D eigenvalue weighted by molar-refractivity contribution is 0.355. The first-order valence-electron chi connectivity index (χ1n) is 6.63. The Balaban J connectivity index is 2.05. The molecule has 0 bridgehead atoms.